The molecule has 17 heavy (non-hydrogen) atoms. The van der Waals surface area contributed by atoms with Crippen molar-refractivity contribution in [3.05, 3.63) is 35.9 Å². The van der Waals surface area contributed by atoms with Crippen LogP contribution in [0.15, 0.2) is 30.3 Å². The van der Waals surface area contributed by atoms with Gasteiger partial charge in [-0.3, -0.25) is 9.04 Å². The van der Waals surface area contributed by atoms with Crippen LogP contribution in [0.2, 0.25) is 19.6 Å². The van der Waals surface area contributed by atoms with Gasteiger partial charge in [-0.15, -0.1) is 0 Å². The summed E-state index contributed by atoms with van der Waals surface area (Å²) >= 11 is 0. The zero-order valence-corrected chi connectivity index (χ0v) is 12.4. The van der Waals surface area contributed by atoms with E-state index in [0.717, 1.165) is 5.56 Å². The lowest BCUT2D eigenvalue weighted by molar-refractivity contribution is -0.141. The summed E-state index contributed by atoms with van der Waals surface area (Å²) in [6, 6.07) is 9.88. The van der Waals surface area contributed by atoms with Gasteiger partial charge in [0.05, 0.1) is 6.61 Å². The molecule has 0 saturated heterocycles. The van der Waals surface area contributed by atoms with E-state index in [1.807, 2.05) is 50.0 Å². The molecule has 0 bridgehead atoms. The predicted molar refractivity (Wildman–Crippen MR) is 68.1 cm³/mol. The molecule has 0 radical (unpaired) electrons. The SMILES string of the molecule is C[Si](C)(C)OO[Si](=O)OCCc1ccccc1. The summed E-state index contributed by atoms with van der Waals surface area (Å²) in [5, 5.41) is 0. The maximum atomic E-state index is 11.3. The van der Waals surface area contributed by atoms with Crippen LogP contribution in [-0.2, 0) is 24.5 Å². The van der Waals surface area contributed by atoms with Gasteiger partial charge in [0.25, 0.3) is 0 Å². The summed E-state index contributed by atoms with van der Waals surface area (Å²) in [4.78, 5) is 0. The molecule has 0 aliphatic carbocycles. The van der Waals surface area contributed by atoms with E-state index in [1.165, 1.54) is 0 Å². The minimum absolute atomic E-state index is 0.372. The molecular formula is C11H18O4Si2. The van der Waals surface area contributed by atoms with Gasteiger partial charge in [0.15, 0.2) is 0 Å². The van der Waals surface area contributed by atoms with E-state index in [-0.39, 0.29) is 0 Å². The molecule has 1 rings (SSSR count). The van der Waals surface area contributed by atoms with Crippen molar-refractivity contribution in [1.82, 2.24) is 0 Å². The Labute approximate surface area is 104 Å². The molecule has 4 nitrogen and oxygen atoms in total. The maximum Gasteiger partial charge on any atom is 0.800 e. The van der Waals surface area contributed by atoms with Crippen LogP contribution in [0, 0.1) is 0 Å². The topological polar surface area (TPSA) is 44.8 Å². The lowest BCUT2D eigenvalue weighted by Crippen LogP contribution is -2.29. The molecule has 1 aromatic rings. The van der Waals surface area contributed by atoms with E-state index < -0.39 is 17.5 Å². The Morgan fingerprint density at radius 1 is 1.18 bits per heavy atom. The number of rotatable bonds is 7. The van der Waals surface area contributed by atoms with Crippen LogP contribution in [0.5, 0.6) is 0 Å². The third-order valence-electron chi connectivity index (χ3n) is 1.81. The van der Waals surface area contributed by atoms with Gasteiger partial charge in [-0.2, -0.15) is 0 Å². The molecule has 0 aliphatic rings. The van der Waals surface area contributed by atoms with E-state index in [9.17, 15) is 4.46 Å². The fraction of sp³-hybridized carbons (Fsp3) is 0.455. The number of hydrogen-bond acceptors (Lipinski definition) is 4. The summed E-state index contributed by atoms with van der Waals surface area (Å²) in [6.45, 7) is 6.22. The van der Waals surface area contributed by atoms with Crippen LogP contribution in [0.4, 0.5) is 0 Å². The molecule has 0 aromatic heterocycles. The third kappa shape index (κ3) is 7.03. The second-order valence-electron chi connectivity index (χ2n) is 4.61. The summed E-state index contributed by atoms with van der Waals surface area (Å²) in [5.41, 5.74) is 1.15. The predicted octanol–water partition coefficient (Wildman–Crippen LogP) is 2.44. The highest BCUT2D eigenvalue weighted by atomic mass is 28.4. The van der Waals surface area contributed by atoms with Crippen molar-refractivity contribution in [3.8, 4) is 0 Å². The van der Waals surface area contributed by atoms with Gasteiger partial charge in [-0.05, 0) is 25.2 Å². The van der Waals surface area contributed by atoms with E-state index in [0.29, 0.717) is 13.0 Å². The van der Waals surface area contributed by atoms with E-state index in [2.05, 4.69) is 0 Å². The molecule has 0 unspecified atom stereocenters. The molecule has 6 heteroatoms. The Balaban J connectivity index is 2.17. The van der Waals surface area contributed by atoms with Crippen molar-refractivity contribution in [2.24, 2.45) is 0 Å². The highest BCUT2D eigenvalue weighted by Gasteiger charge is 2.21. The number of benzene rings is 1. The van der Waals surface area contributed by atoms with Gasteiger partial charge in [0.2, 0.25) is 8.32 Å². The Bertz CT molecular complexity index is 348. The lowest BCUT2D eigenvalue weighted by Gasteiger charge is -2.14. The number of hydrogen-bond donors (Lipinski definition) is 0. The fourth-order valence-corrected chi connectivity index (χ4v) is 2.67. The Morgan fingerprint density at radius 2 is 1.82 bits per heavy atom. The Morgan fingerprint density at radius 3 is 2.41 bits per heavy atom. The molecule has 1 aromatic carbocycles. The quantitative estimate of drug-likeness (QED) is 0.434. The summed E-state index contributed by atoms with van der Waals surface area (Å²) < 4.78 is 26.2. The molecule has 0 fully saturated rings. The van der Waals surface area contributed by atoms with Gasteiger partial charge >= 0.3 is 9.17 Å². The molecular weight excluding hydrogens is 252 g/mol. The van der Waals surface area contributed by atoms with Gasteiger partial charge in [-0.1, -0.05) is 30.3 Å². The van der Waals surface area contributed by atoms with Gasteiger partial charge in [0.1, 0.15) is 0 Å². The normalized spacial score (nSPS) is 11.0. The van der Waals surface area contributed by atoms with Gasteiger partial charge < -0.3 is 9.00 Å². The highest BCUT2D eigenvalue weighted by Crippen LogP contribution is 2.03. The zero-order chi connectivity index (χ0) is 12.7. The van der Waals surface area contributed by atoms with Gasteiger partial charge in [-0.25, -0.2) is 0 Å². The minimum atomic E-state index is -2.53. The van der Waals surface area contributed by atoms with E-state index in [4.69, 9.17) is 13.6 Å². The van der Waals surface area contributed by atoms with Crippen LogP contribution in [0.3, 0.4) is 0 Å². The summed E-state index contributed by atoms with van der Waals surface area (Å²) in [5.74, 6) is 0. The lowest BCUT2D eigenvalue weighted by atomic mass is 10.2. The molecule has 0 aliphatic heterocycles. The van der Waals surface area contributed by atoms with Crippen molar-refractivity contribution in [1.29, 1.82) is 0 Å². The first-order chi connectivity index (χ1) is 7.97. The smallest absolute Gasteiger partial charge is 0.494 e. The van der Waals surface area contributed by atoms with Crippen molar-refractivity contribution >= 4 is 17.5 Å². The average Bonchev–Trinajstić information content (AvgIpc) is 2.27. The highest BCUT2D eigenvalue weighted by molar-refractivity contribution is 6.69. The van der Waals surface area contributed by atoms with Crippen molar-refractivity contribution in [2.45, 2.75) is 26.1 Å². The van der Waals surface area contributed by atoms with Crippen molar-refractivity contribution < 1.29 is 18.0 Å². The average molecular weight is 270 g/mol. The first kappa shape index (κ1) is 14.1. The van der Waals surface area contributed by atoms with E-state index >= 15 is 0 Å². The second kappa shape index (κ2) is 6.68. The molecule has 0 heterocycles. The first-order valence-corrected chi connectivity index (χ1v) is 10.2. The molecule has 0 amide bonds. The van der Waals surface area contributed by atoms with Crippen LogP contribution in [0.25, 0.3) is 0 Å². The standard InChI is InChI=1S/C11H18O4Si2/c1-17(2,3)15-14-16(12)13-10-9-11-7-5-4-6-8-11/h4-8H,9-10H2,1-3H3. The summed E-state index contributed by atoms with van der Waals surface area (Å²) in [6.07, 6.45) is 0.716. The Hall–Kier alpha value is -0.986. The fourth-order valence-electron chi connectivity index (χ4n) is 1.08. The molecule has 94 valence electrons. The third-order valence-corrected chi connectivity index (χ3v) is 3.22. The summed E-state index contributed by atoms with van der Waals surface area (Å²) in [7, 11) is -4.33. The second-order valence-corrected chi connectivity index (χ2v) is 9.96. The Kier molecular flexibility index (Phi) is 5.53. The van der Waals surface area contributed by atoms with Crippen molar-refractivity contribution in [3.63, 3.8) is 0 Å². The van der Waals surface area contributed by atoms with Gasteiger partial charge in [0, 0.05) is 6.42 Å². The van der Waals surface area contributed by atoms with Crippen LogP contribution in [-0.4, -0.2) is 24.1 Å². The monoisotopic (exact) mass is 270 g/mol. The molecule has 0 spiro atoms. The van der Waals surface area contributed by atoms with Crippen LogP contribution < -0.4 is 0 Å². The molecule has 0 saturated carbocycles. The van der Waals surface area contributed by atoms with Crippen LogP contribution in [0.1, 0.15) is 5.56 Å². The first-order valence-electron chi connectivity index (χ1n) is 5.54. The maximum absolute atomic E-state index is 11.3. The molecule has 0 N–H and O–H groups in total. The largest absolute Gasteiger partial charge is 0.800 e. The van der Waals surface area contributed by atoms with Crippen molar-refractivity contribution in [2.75, 3.05) is 6.61 Å². The minimum Gasteiger partial charge on any atom is -0.494 e. The molecule has 0 atom stereocenters. The van der Waals surface area contributed by atoms with E-state index in [1.54, 1.807) is 0 Å². The van der Waals surface area contributed by atoms with Crippen LogP contribution >= 0.6 is 0 Å². The zero-order valence-electron chi connectivity index (χ0n) is 10.4.